The zero-order chi connectivity index (χ0) is 9.03. The van der Waals surface area contributed by atoms with Gasteiger partial charge in [0.15, 0.2) is 0 Å². The molecule has 12 heavy (non-hydrogen) atoms. The van der Waals surface area contributed by atoms with Crippen LogP contribution in [-0.2, 0) is 4.79 Å². The molecule has 0 bridgehead atoms. The first kappa shape index (κ1) is 9.49. The Morgan fingerprint density at radius 3 is 2.08 bits per heavy atom. The van der Waals surface area contributed by atoms with Gasteiger partial charge in [0.25, 0.3) is 0 Å². The fourth-order valence-corrected chi connectivity index (χ4v) is 1.81. The first-order chi connectivity index (χ1) is 5.71. The third-order valence-electron chi connectivity index (χ3n) is 2.77. The van der Waals surface area contributed by atoms with E-state index >= 15 is 0 Å². The van der Waals surface area contributed by atoms with Gasteiger partial charge in [-0.1, -0.05) is 25.7 Å². The number of carbonyl (C=O) groups is 1. The number of halogens is 1. The molecule has 0 aromatic heterocycles. The van der Waals surface area contributed by atoms with Gasteiger partial charge in [-0.05, 0) is 12.8 Å². The summed E-state index contributed by atoms with van der Waals surface area (Å²) in [7, 11) is 0. The van der Waals surface area contributed by atoms with E-state index in [4.69, 9.17) is 5.11 Å². The van der Waals surface area contributed by atoms with Crippen LogP contribution in [0, 0.1) is 5.41 Å². The van der Waals surface area contributed by atoms with Crippen LogP contribution in [0.2, 0.25) is 0 Å². The van der Waals surface area contributed by atoms with Gasteiger partial charge in [0.2, 0.25) is 0 Å². The summed E-state index contributed by atoms with van der Waals surface area (Å²) in [6, 6.07) is 0. The minimum atomic E-state index is -1.05. The van der Waals surface area contributed by atoms with Crippen LogP contribution in [0.5, 0.6) is 0 Å². The fraction of sp³-hybridized carbons (Fsp3) is 0.889. The number of carboxylic acids is 1. The first-order valence-electron chi connectivity index (χ1n) is 4.51. The SMILES string of the molecule is O=C(O)C1(CF)CCCCCC1. The van der Waals surface area contributed by atoms with Crippen LogP contribution < -0.4 is 0 Å². The molecule has 0 radical (unpaired) electrons. The van der Waals surface area contributed by atoms with E-state index in [0.717, 1.165) is 25.7 Å². The molecule has 1 rings (SSSR count). The van der Waals surface area contributed by atoms with Crippen molar-refractivity contribution in [1.82, 2.24) is 0 Å². The normalized spacial score (nSPS) is 23.1. The Balaban J connectivity index is 2.68. The molecule has 70 valence electrons. The quantitative estimate of drug-likeness (QED) is 0.652. The van der Waals surface area contributed by atoms with E-state index in [1.54, 1.807) is 0 Å². The summed E-state index contributed by atoms with van der Waals surface area (Å²) in [6.45, 7) is -0.706. The van der Waals surface area contributed by atoms with Crippen LogP contribution in [0.15, 0.2) is 0 Å². The van der Waals surface area contributed by atoms with Gasteiger partial charge in [-0.2, -0.15) is 0 Å². The first-order valence-corrected chi connectivity index (χ1v) is 4.51. The molecule has 2 nitrogen and oxygen atoms in total. The molecule has 0 amide bonds. The molecule has 0 saturated heterocycles. The van der Waals surface area contributed by atoms with E-state index < -0.39 is 18.1 Å². The Kier molecular flexibility index (Phi) is 3.06. The second-order valence-corrected chi connectivity index (χ2v) is 3.63. The topological polar surface area (TPSA) is 37.3 Å². The fourth-order valence-electron chi connectivity index (χ4n) is 1.81. The van der Waals surface area contributed by atoms with Crippen LogP contribution in [-0.4, -0.2) is 17.8 Å². The number of rotatable bonds is 2. The molecule has 1 fully saturated rings. The molecule has 0 spiro atoms. The van der Waals surface area contributed by atoms with Gasteiger partial charge in [0, 0.05) is 0 Å². The van der Waals surface area contributed by atoms with Crippen molar-refractivity contribution in [1.29, 1.82) is 0 Å². The van der Waals surface area contributed by atoms with Crippen molar-refractivity contribution < 1.29 is 14.3 Å². The Morgan fingerprint density at radius 1 is 1.25 bits per heavy atom. The number of carboxylic acid groups (broad SMARTS) is 1. The molecule has 1 saturated carbocycles. The van der Waals surface area contributed by atoms with Crippen LogP contribution >= 0.6 is 0 Å². The van der Waals surface area contributed by atoms with Crippen molar-refractivity contribution in [2.24, 2.45) is 5.41 Å². The predicted octanol–water partition coefficient (Wildman–Crippen LogP) is 2.38. The predicted molar refractivity (Wildman–Crippen MR) is 43.7 cm³/mol. The Labute approximate surface area is 71.8 Å². The minimum absolute atomic E-state index is 0.513. The maximum Gasteiger partial charge on any atom is 0.312 e. The molecule has 0 aliphatic heterocycles. The number of hydrogen-bond donors (Lipinski definition) is 1. The van der Waals surface area contributed by atoms with Gasteiger partial charge in [-0.25, -0.2) is 4.39 Å². The van der Waals surface area contributed by atoms with E-state index in [-0.39, 0.29) is 0 Å². The third-order valence-corrected chi connectivity index (χ3v) is 2.77. The zero-order valence-corrected chi connectivity index (χ0v) is 7.18. The van der Waals surface area contributed by atoms with E-state index in [1.165, 1.54) is 0 Å². The second kappa shape index (κ2) is 3.87. The largest absolute Gasteiger partial charge is 0.481 e. The summed E-state index contributed by atoms with van der Waals surface area (Å²) in [5.41, 5.74) is -1.05. The molecule has 0 atom stereocenters. The molecule has 1 aliphatic rings. The van der Waals surface area contributed by atoms with Crippen molar-refractivity contribution in [3.63, 3.8) is 0 Å². The summed E-state index contributed by atoms with van der Waals surface area (Å²) >= 11 is 0. The molecule has 1 aliphatic carbocycles. The van der Waals surface area contributed by atoms with Gasteiger partial charge in [-0.3, -0.25) is 4.79 Å². The van der Waals surface area contributed by atoms with Gasteiger partial charge in [-0.15, -0.1) is 0 Å². The third kappa shape index (κ3) is 1.76. The van der Waals surface area contributed by atoms with Gasteiger partial charge < -0.3 is 5.11 Å². The second-order valence-electron chi connectivity index (χ2n) is 3.63. The average molecular weight is 174 g/mol. The Morgan fingerprint density at radius 2 is 1.75 bits per heavy atom. The van der Waals surface area contributed by atoms with E-state index in [9.17, 15) is 9.18 Å². The summed E-state index contributed by atoms with van der Waals surface area (Å²) in [5, 5.41) is 8.87. The molecular formula is C9H15FO2. The molecule has 0 aromatic carbocycles. The van der Waals surface area contributed by atoms with Gasteiger partial charge >= 0.3 is 5.97 Å². The average Bonchev–Trinajstić information content (AvgIpc) is 2.29. The summed E-state index contributed by atoms with van der Waals surface area (Å²) in [4.78, 5) is 10.8. The van der Waals surface area contributed by atoms with E-state index in [0.29, 0.717) is 12.8 Å². The maximum atomic E-state index is 12.6. The van der Waals surface area contributed by atoms with E-state index in [1.807, 2.05) is 0 Å². The summed E-state index contributed by atoms with van der Waals surface area (Å²) in [5.74, 6) is -0.952. The van der Waals surface area contributed by atoms with Crippen LogP contribution in [0.3, 0.4) is 0 Å². The molecule has 3 heteroatoms. The summed E-state index contributed by atoms with van der Waals surface area (Å²) in [6.07, 6.45) is 4.84. The molecule has 0 aromatic rings. The van der Waals surface area contributed by atoms with Gasteiger partial charge in [0.05, 0.1) is 5.41 Å². The Bertz CT molecular complexity index is 160. The monoisotopic (exact) mass is 174 g/mol. The lowest BCUT2D eigenvalue weighted by Crippen LogP contribution is -2.32. The lowest BCUT2D eigenvalue weighted by Gasteiger charge is -2.23. The molecule has 0 heterocycles. The van der Waals surface area contributed by atoms with E-state index in [2.05, 4.69) is 0 Å². The highest BCUT2D eigenvalue weighted by atomic mass is 19.1. The molecular weight excluding hydrogens is 159 g/mol. The number of alkyl halides is 1. The van der Waals surface area contributed by atoms with Crippen molar-refractivity contribution in [2.75, 3.05) is 6.67 Å². The standard InChI is InChI=1S/C9H15FO2/c10-7-9(8(11)12)5-3-1-2-4-6-9/h1-7H2,(H,11,12). The molecule has 0 unspecified atom stereocenters. The number of aliphatic carboxylic acids is 1. The highest BCUT2D eigenvalue weighted by Gasteiger charge is 2.38. The Hall–Kier alpha value is -0.600. The molecule has 1 N–H and O–H groups in total. The lowest BCUT2D eigenvalue weighted by molar-refractivity contribution is -0.151. The van der Waals surface area contributed by atoms with Gasteiger partial charge in [0.1, 0.15) is 6.67 Å². The van der Waals surface area contributed by atoms with Crippen molar-refractivity contribution in [3.05, 3.63) is 0 Å². The van der Waals surface area contributed by atoms with Crippen LogP contribution in [0.4, 0.5) is 4.39 Å². The highest BCUT2D eigenvalue weighted by Crippen LogP contribution is 2.35. The maximum absolute atomic E-state index is 12.6. The lowest BCUT2D eigenvalue weighted by atomic mass is 9.82. The van der Waals surface area contributed by atoms with Crippen LogP contribution in [0.1, 0.15) is 38.5 Å². The van der Waals surface area contributed by atoms with Crippen molar-refractivity contribution >= 4 is 5.97 Å². The number of hydrogen-bond acceptors (Lipinski definition) is 1. The highest BCUT2D eigenvalue weighted by molar-refractivity contribution is 5.74. The smallest absolute Gasteiger partial charge is 0.312 e. The minimum Gasteiger partial charge on any atom is -0.481 e. The van der Waals surface area contributed by atoms with Crippen molar-refractivity contribution in [2.45, 2.75) is 38.5 Å². The zero-order valence-electron chi connectivity index (χ0n) is 7.18. The van der Waals surface area contributed by atoms with Crippen LogP contribution in [0.25, 0.3) is 0 Å². The summed E-state index contributed by atoms with van der Waals surface area (Å²) < 4.78 is 12.6. The van der Waals surface area contributed by atoms with Crippen molar-refractivity contribution in [3.8, 4) is 0 Å².